The Morgan fingerprint density at radius 1 is 1.71 bits per heavy atom. The molecule has 0 aliphatic heterocycles. The molecule has 0 spiro atoms. The van der Waals surface area contributed by atoms with Gasteiger partial charge in [0.25, 0.3) is 5.91 Å². The molecule has 5 nitrogen and oxygen atoms in total. The van der Waals surface area contributed by atoms with Gasteiger partial charge < -0.3 is 10.4 Å². The number of rotatable bonds is 4. The van der Waals surface area contributed by atoms with Crippen LogP contribution in [-0.2, 0) is 0 Å². The molecule has 1 rings (SSSR count). The number of amides is 1. The van der Waals surface area contributed by atoms with Crippen molar-refractivity contribution in [3.05, 3.63) is 11.1 Å². The topological polar surface area (TPSA) is 75.1 Å². The lowest BCUT2D eigenvalue weighted by Gasteiger charge is -2.14. The van der Waals surface area contributed by atoms with E-state index in [-0.39, 0.29) is 18.4 Å². The molecule has 0 radical (unpaired) electrons. The maximum Gasteiger partial charge on any atom is 0.272 e. The molecule has 1 aromatic rings. The van der Waals surface area contributed by atoms with Crippen LogP contribution in [0.4, 0.5) is 0 Å². The molecule has 14 heavy (non-hydrogen) atoms. The van der Waals surface area contributed by atoms with E-state index in [1.165, 1.54) is 0 Å². The number of nitrogens with one attached hydrogen (secondary N) is 1. The monoisotopic (exact) mass is 215 g/mol. The van der Waals surface area contributed by atoms with E-state index in [0.29, 0.717) is 5.69 Å². The number of hydrogen-bond acceptors (Lipinski definition) is 5. The predicted molar refractivity (Wildman–Crippen MR) is 53.1 cm³/mol. The van der Waals surface area contributed by atoms with Crippen LogP contribution >= 0.6 is 11.5 Å². The Kier molecular flexibility index (Phi) is 3.97. The standard InChI is InChI=1S/C8H13N3O2S/c1-5(2)7(12)3-9-8(13)6-4-14-11-10-6/h4-5,7,12H,3H2,1-2H3,(H,9,13). The first kappa shape index (κ1) is 11.1. The molecule has 78 valence electrons. The average Bonchev–Trinajstić information content (AvgIpc) is 2.66. The third kappa shape index (κ3) is 3.04. The van der Waals surface area contributed by atoms with E-state index in [9.17, 15) is 9.90 Å². The van der Waals surface area contributed by atoms with Gasteiger partial charge in [0, 0.05) is 11.9 Å². The van der Waals surface area contributed by atoms with Gasteiger partial charge in [-0.05, 0) is 17.5 Å². The number of carbonyl (C=O) groups excluding carboxylic acids is 1. The van der Waals surface area contributed by atoms with Gasteiger partial charge in [-0.15, -0.1) is 5.10 Å². The van der Waals surface area contributed by atoms with Crippen LogP contribution in [0.15, 0.2) is 5.38 Å². The Morgan fingerprint density at radius 3 is 2.93 bits per heavy atom. The third-order valence-electron chi connectivity index (χ3n) is 1.83. The second-order valence-electron chi connectivity index (χ2n) is 3.31. The summed E-state index contributed by atoms with van der Waals surface area (Å²) in [6, 6.07) is 0. The summed E-state index contributed by atoms with van der Waals surface area (Å²) in [7, 11) is 0. The molecule has 0 fully saturated rings. The normalized spacial score (nSPS) is 12.9. The molecule has 2 N–H and O–H groups in total. The van der Waals surface area contributed by atoms with Gasteiger partial charge in [-0.3, -0.25) is 4.79 Å². The van der Waals surface area contributed by atoms with Gasteiger partial charge in [0.1, 0.15) is 0 Å². The fourth-order valence-electron chi connectivity index (χ4n) is 0.787. The molecule has 1 amide bonds. The van der Waals surface area contributed by atoms with Crippen molar-refractivity contribution in [3.8, 4) is 0 Å². The smallest absolute Gasteiger partial charge is 0.272 e. The Hall–Kier alpha value is -1.01. The fourth-order valence-corrected chi connectivity index (χ4v) is 1.22. The number of aliphatic hydroxyl groups is 1. The van der Waals surface area contributed by atoms with E-state index in [2.05, 4.69) is 14.9 Å². The maximum absolute atomic E-state index is 11.3. The molecule has 6 heteroatoms. The van der Waals surface area contributed by atoms with Crippen LogP contribution in [0.5, 0.6) is 0 Å². The minimum absolute atomic E-state index is 0.129. The Labute approximate surface area is 86.3 Å². The van der Waals surface area contributed by atoms with Gasteiger partial charge in [0.05, 0.1) is 6.10 Å². The second kappa shape index (κ2) is 5.02. The molecular weight excluding hydrogens is 202 g/mol. The van der Waals surface area contributed by atoms with Gasteiger partial charge in [0.2, 0.25) is 0 Å². The zero-order chi connectivity index (χ0) is 10.6. The summed E-state index contributed by atoms with van der Waals surface area (Å²) in [6.07, 6.45) is -0.523. The van der Waals surface area contributed by atoms with Crippen LogP contribution in [0, 0.1) is 5.92 Å². The highest BCUT2D eigenvalue weighted by molar-refractivity contribution is 7.03. The van der Waals surface area contributed by atoms with E-state index in [1.54, 1.807) is 5.38 Å². The summed E-state index contributed by atoms with van der Waals surface area (Å²) in [5.41, 5.74) is 0.297. The van der Waals surface area contributed by atoms with Crippen LogP contribution in [0.25, 0.3) is 0 Å². The van der Waals surface area contributed by atoms with Gasteiger partial charge in [-0.2, -0.15) is 0 Å². The van der Waals surface area contributed by atoms with Gasteiger partial charge >= 0.3 is 0 Å². The van der Waals surface area contributed by atoms with E-state index >= 15 is 0 Å². The van der Waals surface area contributed by atoms with Gasteiger partial charge in [0.15, 0.2) is 5.69 Å². The van der Waals surface area contributed by atoms with Gasteiger partial charge in [-0.25, -0.2) is 0 Å². The largest absolute Gasteiger partial charge is 0.391 e. The highest BCUT2D eigenvalue weighted by Gasteiger charge is 2.13. The quantitative estimate of drug-likeness (QED) is 0.756. The van der Waals surface area contributed by atoms with Crippen LogP contribution in [0.1, 0.15) is 24.3 Å². The van der Waals surface area contributed by atoms with Crippen molar-refractivity contribution in [1.29, 1.82) is 0 Å². The van der Waals surface area contributed by atoms with Gasteiger partial charge in [-0.1, -0.05) is 18.3 Å². The lowest BCUT2D eigenvalue weighted by Crippen LogP contribution is -2.34. The van der Waals surface area contributed by atoms with Crippen molar-refractivity contribution in [3.63, 3.8) is 0 Å². The summed E-state index contributed by atoms with van der Waals surface area (Å²) in [6.45, 7) is 4.02. The first-order valence-corrected chi connectivity index (χ1v) is 5.18. The average molecular weight is 215 g/mol. The predicted octanol–water partition coefficient (Wildman–Crippen LogP) is 0.285. The van der Waals surface area contributed by atoms with Crippen molar-refractivity contribution < 1.29 is 9.90 Å². The summed E-state index contributed by atoms with van der Waals surface area (Å²) in [5, 5.41) is 17.2. The highest BCUT2D eigenvalue weighted by atomic mass is 32.1. The van der Waals surface area contributed by atoms with Crippen LogP contribution < -0.4 is 5.32 Å². The third-order valence-corrected chi connectivity index (χ3v) is 2.34. The minimum Gasteiger partial charge on any atom is -0.391 e. The summed E-state index contributed by atoms with van der Waals surface area (Å²) in [4.78, 5) is 11.3. The molecular formula is C8H13N3O2S. The van der Waals surface area contributed by atoms with E-state index in [0.717, 1.165) is 11.5 Å². The Balaban J connectivity index is 2.36. The highest BCUT2D eigenvalue weighted by Crippen LogP contribution is 2.00. The minimum atomic E-state index is -0.523. The molecule has 1 unspecified atom stereocenters. The molecule has 0 aliphatic rings. The molecule has 0 saturated carbocycles. The van der Waals surface area contributed by atoms with Crippen molar-refractivity contribution in [2.75, 3.05) is 6.54 Å². The summed E-state index contributed by atoms with van der Waals surface area (Å²) in [5.74, 6) is -0.165. The number of hydrogen-bond donors (Lipinski definition) is 2. The fraction of sp³-hybridized carbons (Fsp3) is 0.625. The Morgan fingerprint density at radius 2 is 2.43 bits per heavy atom. The zero-order valence-electron chi connectivity index (χ0n) is 8.10. The number of nitrogens with zero attached hydrogens (tertiary/aromatic N) is 2. The first-order chi connectivity index (χ1) is 6.61. The number of carbonyl (C=O) groups is 1. The van der Waals surface area contributed by atoms with Crippen LogP contribution in [-0.4, -0.2) is 33.2 Å². The maximum atomic E-state index is 11.3. The van der Waals surface area contributed by atoms with Crippen molar-refractivity contribution in [1.82, 2.24) is 14.9 Å². The lowest BCUT2D eigenvalue weighted by molar-refractivity contribution is 0.0867. The molecule has 1 atom stereocenters. The van der Waals surface area contributed by atoms with Crippen molar-refractivity contribution in [2.24, 2.45) is 5.92 Å². The van der Waals surface area contributed by atoms with E-state index in [4.69, 9.17) is 0 Å². The number of aromatic nitrogens is 2. The van der Waals surface area contributed by atoms with E-state index < -0.39 is 6.10 Å². The summed E-state index contributed by atoms with van der Waals surface area (Å²) < 4.78 is 3.57. The molecule has 1 aromatic heterocycles. The van der Waals surface area contributed by atoms with E-state index in [1.807, 2.05) is 13.8 Å². The Bertz CT molecular complexity index is 287. The second-order valence-corrected chi connectivity index (χ2v) is 3.92. The summed E-state index contributed by atoms with van der Waals surface area (Å²) >= 11 is 1.12. The van der Waals surface area contributed by atoms with Crippen LogP contribution in [0.3, 0.4) is 0 Å². The number of aliphatic hydroxyl groups excluding tert-OH is 1. The molecule has 1 heterocycles. The lowest BCUT2D eigenvalue weighted by atomic mass is 10.1. The molecule has 0 aromatic carbocycles. The van der Waals surface area contributed by atoms with Crippen molar-refractivity contribution >= 4 is 17.4 Å². The van der Waals surface area contributed by atoms with Crippen LogP contribution in [0.2, 0.25) is 0 Å². The van der Waals surface area contributed by atoms with Crippen molar-refractivity contribution in [2.45, 2.75) is 20.0 Å². The SMILES string of the molecule is CC(C)C(O)CNC(=O)c1csnn1. The molecule has 0 saturated heterocycles. The first-order valence-electron chi connectivity index (χ1n) is 4.34. The zero-order valence-corrected chi connectivity index (χ0v) is 8.91. The molecule has 0 bridgehead atoms. The molecule has 0 aliphatic carbocycles.